The number of fused-ring (bicyclic) bond motifs is 3. The highest BCUT2D eigenvalue weighted by Crippen LogP contribution is 2.44. The summed E-state index contributed by atoms with van der Waals surface area (Å²) in [6, 6.07) is 6.14. The molecule has 2 N–H and O–H groups in total. The number of aryl methyl sites for hydroxylation is 1. The Morgan fingerprint density at radius 1 is 1.16 bits per heavy atom. The van der Waals surface area contributed by atoms with Gasteiger partial charge in [0.25, 0.3) is 0 Å². The quantitative estimate of drug-likeness (QED) is 0.778. The van der Waals surface area contributed by atoms with Gasteiger partial charge in [0.1, 0.15) is 5.65 Å². The number of piperidine rings is 1. The zero-order valence-electron chi connectivity index (χ0n) is 14.2. The van der Waals surface area contributed by atoms with Crippen LogP contribution < -0.4 is 5.73 Å². The second-order valence-corrected chi connectivity index (χ2v) is 7.37. The van der Waals surface area contributed by atoms with Crippen molar-refractivity contribution >= 4 is 11.6 Å². The van der Waals surface area contributed by atoms with Gasteiger partial charge in [-0.15, -0.1) is 0 Å². The van der Waals surface area contributed by atoms with E-state index in [4.69, 9.17) is 5.73 Å². The van der Waals surface area contributed by atoms with Gasteiger partial charge in [-0.1, -0.05) is 6.07 Å². The number of likely N-dealkylation sites (tertiary alicyclic amines) is 1. The molecule has 1 unspecified atom stereocenters. The number of pyridine rings is 1. The summed E-state index contributed by atoms with van der Waals surface area (Å²) in [6.45, 7) is 3.08. The summed E-state index contributed by atoms with van der Waals surface area (Å²) in [5, 5.41) is 0. The van der Waals surface area contributed by atoms with Crippen molar-refractivity contribution in [2.24, 2.45) is 0 Å². The maximum Gasteiger partial charge on any atom is 0.220 e. The smallest absolute Gasteiger partial charge is 0.220 e. The third-order valence-electron chi connectivity index (χ3n) is 5.79. The summed E-state index contributed by atoms with van der Waals surface area (Å²) < 4.78 is 2.18. The van der Waals surface area contributed by atoms with Crippen LogP contribution in [0, 0.1) is 0 Å². The molecule has 4 heterocycles. The van der Waals surface area contributed by atoms with Gasteiger partial charge >= 0.3 is 0 Å². The Hall–Kier alpha value is -2.47. The molecule has 0 bridgehead atoms. The van der Waals surface area contributed by atoms with E-state index < -0.39 is 0 Å². The Balaban J connectivity index is 1.43. The average Bonchev–Trinajstić information content (AvgIpc) is 3.18. The van der Waals surface area contributed by atoms with Crippen molar-refractivity contribution < 1.29 is 0 Å². The fraction of sp³-hybridized carbons (Fsp3) is 0.421. The maximum atomic E-state index is 5.88. The molecule has 0 radical (unpaired) electrons. The molecule has 3 aromatic heterocycles. The zero-order valence-corrected chi connectivity index (χ0v) is 14.2. The molecule has 128 valence electrons. The average molecular weight is 334 g/mol. The van der Waals surface area contributed by atoms with Crippen LogP contribution >= 0.6 is 0 Å². The molecule has 0 saturated carbocycles. The Kier molecular flexibility index (Phi) is 3.28. The minimum Gasteiger partial charge on any atom is -0.368 e. The number of imidazole rings is 1. The number of nitrogens with zero attached hydrogens (tertiary/aromatic N) is 5. The Bertz CT molecular complexity index is 929. The lowest BCUT2D eigenvalue weighted by Gasteiger charge is -2.40. The molecule has 1 atom stereocenters. The summed E-state index contributed by atoms with van der Waals surface area (Å²) in [5.41, 5.74) is 10.8. The van der Waals surface area contributed by atoms with Gasteiger partial charge in [-0.05, 0) is 49.9 Å². The van der Waals surface area contributed by atoms with Gasteiger partial charge in [0.15, 0.2) is 0 Å². The van der Waals surface area contributed by atoms with Crippen LogP contribution in [-0.4, -0.2) is 37.3 Å². The lowest BCUT2D eigenvalue weighted by atomic mass is 9.77. The van der Waals surface area contributed by atoms with Gasteiger partial charge in [0, 0.05) is 30.9 Å². The predicted molar refractivity (Wildman–Crippen MR) is 96.1 cm³/mol. The van der Waals surface area contributed by atoms with Crippen LogP contribution in [0.2, 0.25) is 0 Å². The molecule has 5 rings (SSSR count). The van der Waals surface area contributed by atoms with Crippen LogP contribution in [0.3, 0.4) is 0 Å². The minimum absolute atomic E-state index is 0.144. The minimum atomic E-state index is 0.144. The summed E-state index contributed by atoms with van der Waals surface area (Å²) in [4.78, 5) is 15.9. The molecule has 1 spiro atoms. The fourth-order valence-electron chi connectivity index (χ4n) is 4.65. The normalized spacial score (nSPS) is 23.4. The standard InChI is InChI=1S/C19H22N6/c20-18-22-10-14-5-7-19(17(14)23-18)6-3-8-24(13-19)12-15-11-21-16-4-1-2-9-25(15)16/h1-2,4,9-11H,3,5-8,12-13H2,(H2,20,22,23). The first-order valence-corrected chi connectivity index (χ1v) is 8.99. The third-order valence-corrected chi connectivity index (χ3v) is 5.79. The topological polar surface area (TPSA) is 72.3 Å². The molecule has 0 aromatic carbocycles. The molecule has 1 aliphatic carbocycles. The number of hydrogen-bond donors (Lipinski definition) is 1. The van der Waals surface area contributed by atoms with E-state index in [9.17, 15) is 0 Å². The fourth-order valence-corrected chi connectivity index (χ4v) is 4.65. The summed E-state index contributed by atoms with van der Waals surface area (Å²) in [6.07, 6.45) is 10.6. The van der Waals surface area contributed by atoms with Crippen molar-refractivity contribution in [1.82, 2.24) is 24.3 Å². The van der Waals surface area contributed by atoms with E-state index in [1.54, 1.807) is 0 Å². The highest BCUT2D eigenvalue weighted by molar-refractivity contribution is 5.40. The van der Waals surface area contributed by atoms with Gasteiger partial charge in [-0.3, -0.25) is 4.90 Å². The van der Waals surface area contributed by atoms with Gasteiger partial charge in [0.2, 0.25) is 5.95 Å². The first-order valence-electron chi connectivity index (χ1n) is 8.99. The largest absolute Gasteiger partial charge is 0.368 e. The number of aromatic nitrogens is 4. The van der Waals surface area contributed by atoms with E-state index in [-0.39, 0.29) is 5.41 Å². The van der Waals surface area contributed by atoms with Crippen molar-refractivity contribution in [1.29, 1.82) is 0 Å². The second-order valence-electron chi connectivity index (χ2n) is 7.37. The van der Waals surface area contributed by atoms with E-state index in [2.05, 4.69) is 36.5 Å². The van der Waals surface area contributed by atoms with Crippen molar-refractivity contribution in [3.8, 4) is 0 Å². The molecular formula is C19H22N6. The molecule has 6 nitrogen and oxygen atoms in total. The highest BCUT2D eigenvalue weighted by Gasteiger charge is 2.43. The van der Waals surface area contributed by atoms with Gasteiger partial charge in [-0.25, -0.2) is 15.0 Å². The molecular weight excluding hydrogens is 312 g/mol. The van der Waals surface area contributed by atoms with Crippen LogP contribution in [0.4, 0.5) is 5.95 Å². The SMILES string of the molecule is Nc1ncc2c(n1)C1(CCCN(Cc3cnc4ccccn34)C1)CC2. The molecule has 1 aliphatic heterocycles. The van der Waals surface area contributed by atoms with Crippen LogP contribution in [0.1, 0.15) is 36.2 Å². The van der Waals surface area contributed by atoms with Gasteiger partial charge in [0.05, 0.1) is 17.6 Å². The first-order chi connectivity index (χ1) is 12.2. The van der Waals surface area contributed by atoms with E-state index in [1.807, 2.05) is 24.5 Å². The lowest BCUT2D eigenvalue weighted by molar-refractivity contribution is 0.135. The van der Waals surface area contributed by atoms with E-state index >= 15 is 0 Å². The Morgan fingerprint density at radius 2 is 2.12 bits per heavy atom. The van der Waals surface area contributed by atoms with Crippen LogP contribution in [0.25, 0.3) is 5.65 Å². The van der Waals surface area contributed by atoms with Crippen molar-refractivity contribution in [2.75, 3.05) is 18.8 Å². The number of hydrogen-bond acceptors (Lipinski definition) is 5. The Morgan fingerprint density at radius 3 is 3.08 bits per heavy atom. The molecule has 3 aromatic rings. The van der Waals surface area contributed by atoms with E-state index in [0.717, 1.165) is 38.1 Å². The van der Waals surface area contributed by atoms with Crippen LogP contribution in [-0.2, 0) is 18.4 Å². The number of rotatable bonds is 2. The predicted octanol–water partition coefficient (Wildman–Crippen LogP) is 2.19. The Labute approximate surface area is 146 Å². The molecule has 1 fully saturated rings. The molecule has 1 saturated heterocycles. The summed E-state index contributed by atoms with van der Waals surface area (Å²) in [5.74, 6) is 0.402. The monoisotopic (exact) mass is 334 g/mol. The van der Waals surface area contributed by atoms with Gasteiger partial charge in [-0.2, -0.15) is 0 Å². The second kappa shape index (κ2) is 5.52. The highest BCUT2D eigenvalue weighted by atomic mass is 15.2. The lowest BCUT2D eigenvalue weighted by Crippen LogP contribution is -2.45. The van der Waals surface area contributed by atoms with Crippen molar-refractivity contribution in [3.05, 3.63) is 53.7 Å². The third kappa shape index (κ3) is 2.40. The molecule has 6 heteroatoms. The number of anilines is 1. The van der Waals surface area contributed by atoms with Gasteiger partial charge < -0.3 is 10.1 Å². The summed E-state index contributed by atoms with van der Waals surface area (Å²) in [7, 11) is 0. The number of nitrogens with two attached hydrogens (primary N) is 1. The van der Waals surface area contributed by atoms with Crippen molar-refractivity contribution in [2.45, 2.75) is 37.6 Å². The van der Waals surface area contributed by atoms with Crippen molar-refractivity contribution in [3.63, 3.8) is 0 Å². The van der Waals surface area contributed by atoms with E-state index in [1.165, 1.54) is 29.8 Å². The zero-order chi connectivity index (χ0) is 16.9. The molecule has 2 aliphatic rings. The first kappa shape index (κ1) is 14.8. The van der Waals surface area contributed by atoms with Crippen LogP contribution in [0.5, 0.6) is 0 Å². The van der Waals surface area contributed by atoms with Crippen LogP contribution in [0.15, 0.2) is 36.8 Å². The maximum absolute atomic E-state index is 5.88. The number of nitrogen functional groups attached to an aromatic ring is 1. The summed E-state index contributed by atoms with van der Waals surface area (Å²) >= 11 is 0. The molecule has 25 heavy (non-hydrogen) atoms. The molecule has 0 amide bonds. The van der Waals surface area contributed by atoms with E-state index in [0.29, 0.717) is 5.95 Å².